The molecule has 0 bridgehead atoms. The van der Waals surface area contributed by atoms with Crippen molar-refractivity contribution in [1.82, 2.24) is 0 Å². The smallest absolute Gasteiger partial charge is 0.340 e. The number of rotatable bonds is 6. The average molecular weight is 396 g/mol. The maximum absolute atomic E-state index is 12.4. The van der Waals surface area contributed by atoms with Crippen LogP contribution in [0.2, 0.25) is 5.02 Å². The maximum Gasteiger partial charge on any atom is 0.340 e. The second-order valence-electron chi connectivity index (χ2n) is 5.45. The van der Waals surface area contributed by atoms with Gasteiger partial charge in [-0.05, 0) is 37.3 Å². The monoisotopic (exact) mass is 395 g/mol. The Kier molecular flexibility index (Phi) is 6.39. The van der Waals surface area contributed by atoms with Crippen LogP contribution in [0.4, 0.5) is 5.69 Å². The zero-order chi connectivity index (χ0) is 19.3. The summed E-state index contributed by atoms with van der Waals surface area (Å²) in [4.78, 5) is 24.4. The van der Waals surface area contributed by atoms with Gasteiger partial charge >= 0.3 is 5.97 Å². The van der Waals surface area contributed by atoms with E-state index in [2.05, 4.69) is 5.32 Å². The lowest BCUT2D eigenvalue weighted by Crippen LogP contribution is -2.30. The number of halogens is 1. The van der Waals surface area contributed by atoms with E-state index >= 15 is 0 Å². The first kappa shape index (κ1) is 19.9. The third kappa shape index (κ3) is 4.83. The molecular weight excluding hydrogens is 378 g/mol. The maximum atomic E-state index is 12.4. The van der Waals surface area contributed by atoms with E-state index < -0.39 is 27.8 Å². The molecule has 0 saturated heterocycles. The Morgan fingerprint density at radius 2 is 1.85 bits per heavy atom. The van der Waals surface area contributed by atoms with Crippen LogP contribution in [0.25, 0.3) is 0 Å². The average Bonchev–Trinajstić information content (AvgIpc) is 2.61. The van der Waals surface area contributed by atoms with Crippen molar-refractivity contribution in [2.24, 2.45) is 0 Å². The summed E-state index contributed by atoms with van der Waals surface area (Å²) in [6, 6.07) is 12.3. The van der Waals surface area contributed by atoms with Crippen LogP contribution in [-0.2, 0) is 19.4 Å². The summed E-state index contributed by atoms with van der Waals surface area (Å²) < 4.78 is 29.4. The number of benzene rings is 2. The van der Waals surface area contributed by atoms with E-state index in [1.165, 1.54) is 38.1 Å². The van der Waals surface area contributed by atoms with Gasteiger partial charge in [-0.2, -0.15) is 0 Å². The largest absolute Gasteiger partial charge is 0.449 e. The van der Waals surface area contributed by atoms with Crippen molar-refractivity contribution in [2.75, 3.05) is 11.1 Å². The summed E-state index contributed by atoms with van der Waals surface area (Å²) in [5, 5.41) is 3.03. The molecule has 0 aromatic heterocycles. The SMILES string of the molecule is CCS(=O)(=O)c1ccccc1C(=O)O[C@@H](C)C(=O)Nc1cccc(Cl)c1. The zero-order valence-corrected chi connectivity index (χ0v) is 15.8. The van der Waals surface area contributed by atoms with E-state index in [4.69, 9.17) is 16.3 Å². The van der Waals surface area contributed by atoms with Crippen LogP contribution >= 0.6 is 11.6 Å². The van der Waals surface area contributed by atoms with Crippen LogP contribution < -0.4 is 5.32 Å². The van der Waals surface area contributed by atoms with Gasteiger partial charge in [0.25, 0.3) is 5.91 Å². The van der Waals surface area contributed by atoms with Gasteiger partial charge in [-0.3, -0.25) is 4.79 Å². The van der Waals surface area contributed by atoms with Crippen molar-refractivity contribution >= 4 is 39.0 Å². The fourth-order valence-electron chi connectivity index (χ4n) is 2.15. The molecule has 1 atom stereocenters. The number of sulfone groups is 1. The molecular formula is C18H18ClNO5S. The quantitative estimate of drug-likeness (QED) is 0.758. The van der Waals surface area contributed by atoms with Crippen molar-refractivity contribution in [3.05, 3.63) is 59.1 Å². The van der Waals surface area contributed by atoms with Crippen molar-refractivity contribution in [3.63, 3.8) is 0 Å². The van der Waals surface area contributed by atoms with E-state index in [0.29, 0.717) is 10.7 Å². The Morgan fingerprint density at radius 3 is 2.50 bits per heavy atom. The van der Waals surface area contributed by atoms with E-state index in [9.17, 15) is 18.0 Å². The van der Waals surface area contributed by atoms with Crippen molar-refractivity contribution in [3.8, 4) is 0 Å². The fourth-order valence-corrected chi connectivity index (χ4v) is 3.42. The van der Waals surface area contributed by atoms with Crippen LogP contribution in [0.1, 0.15) is 24.2 Å². The molecule has 0 aliphatic heterocycles. The third-order valence-electron chi connectivity index (χ3n) is 3.57. The van der Waals surface area contributed by atoms with E-state index in [0.717, 1.165) is 0 Å². The van der Waals surface area contributed by atoms with Crippen LogP contribution in [0, 0.1) is 0 Å². The molecule has 2 aromatic rings. The van der Waals surface area contributed by atoms with Gasteiger partial charge in [0, 0.05) is 10.7 Å². The standard InChI is InChI=1S/C18H18ClNO5S/c1-3-26(23,24)16-10-5-4-9-15(16)18(22)25-12(2)17(21)20-14-8-6-7-13(19)11-14/h4-12H,3H2,1-2H3,(H,20,21)/t12-/m0/s1. The second kappa shape index (κ2) is 8.33. The van der Waals surface area contributed by atoms with Gasteiger partial charge < -0.3 is 10.1 Å². The van der Waals surface area contributed by atoms with Crippen LogP contribution in [0.15, 0.2) is 53.4 Å². The highest BCUT2D eigenvalue weighted by molar-refractivity contribution is 7.91. The molecule has 0 saturated carbocycles. The second-order valence-corrected chi connectivity index (χ2v) is 8.13. The first-order valence-electron chi connectivity index (χ1n) is 7.84. The van der Waals surface area contributed by atoms with Gasteiger partial charge in [0.2, 0.25) is 0 Å². The number of esters is 1. The van der Waals surface area contributed by atoms with Gasteiger partial charge in [0.1, 0.15) is 0 Å². The van der Waals surface area contributed by atoms with E-state index in [1.54, 1.807) is 24.3 Å². The predicted molar refractivity (Wildman–Crippen MR) is 99.1 cm³/mol. The molecule has 0 aliphatic carbocycles. The molecule has 0 spiro atoms. The topological polar surface area (TPSA) is 89.5 Å². The lowest BCUT2D eigenvalue weighted by Gasteiger charge is -2.15. The van der Waals surface area contributed by atoms with Gasteiger partial charge in [-0.25, -0.2) is 13.2 Å². The van der Waals surface area contributed by atoms with Crippen LogP contribution in [0.3, 0.4) is 0 Å². The highest BCUT2D eigenvalue weighted by atomic mass is 35.5. The number of carbonyl (C=O) groups excluding carboxylic acids is 2. The highest BCUT2D eigenvalue weighted by Gasteiger charge is 2.25. The number of amides is 1. The summed E-state index contributed by atoms with van der Waals surface area (Å²) in [6.07, 6.45) is -1.13. The molecule has 2 rings (SSSR count). The Labute approximate surface area is 157 Å². The van der Waals surface area contributed by atoms with Crippen molar-refractivity contribution < 1.29 is 22.7 Å². The molecule has 6 nitrogen and oxygen atoms in total. The Balaban J connectivity index is 2.14. The fraction of sp³-hybridized carbons (Fsp3) is 0.222. The summed E-state index contributed by atoms with van der Waals surface area (Å²) in [5.74, 6) is -1.59. The number of nitrogens with one attached hydrogen (secondary N) is 1. The molecule has 2 aromatic carbocycles. The number of carbonyl (C=O) groups is 2. The first-order valence-corrected chi connectivity index (χ1v) is 9.87. The van der Waals surface area contributed by atoms with Gasteiger partial charge in [-0.1, -0.05) is 36.7 Å². The summed E-state index contributed by atoms with van der Waals surface area (Å²) >= 11 is 5.85. The molecule has 1 amide bonds. The molecule has 138 valence electrons. The minimum Gasteiger partial charge on any atom is -0.449 e. The number of hydrogen-bond acceptors (Lipinski definition) is 5. The summed E-state index contributed by atoms with van der Waals surface area (Å²) in [5.41, 5.74) is 0.358. The van der Waals surface area contributed by atoms with E-state index in [1.807, 2.05) is 0 Å². The van der Waals surface area contributed by atoms with Crippen LogP contribution in [-0.4, -0.2) is 32.2 Å². The van der Waals surface area contributed by atoms with Gasteiger partial charge in [0.15, 0.2) is 15.9 Å². The Morgan fingerprint density at radius 1 is 1.15 bits per heavy atom. The Hall–Kier alpha value is -2.38. The lowest BCUT2D eigenvalue weighted by molar-refractivity contribution is -0.123. The van der Waals surface area contributed by atoms with Crippen LogP contribution in [0.5, 0.6) is 0 Å². The highest BCUT2D eigenvalue weighted by Crippen LogP contribution is 2.19. The predicted octanol–water partition coefficient (Wildman–Crippen LogP) is 3.32. The van der Waals surface area contributed by atoms with Gasteiger partial charge in [-0.15, -0.1) is 0 Å². The van der Waals surface area contributed by atoms with Crippen molar-refractivity contribution in [2.45, 2.75) is 24.8 Å². The molecule has 0 fully saturated rings. The number of hydrogen-bond donors (Lipinski definition) is 1. The summed E-state index contributed by atoms with van der Waals surface area (Å²) in [6.45, 7) is 2.88. The Bertz CT molecular complexity index is 927. The number of ether oxygens (including phenoxy) is 1. The molecule has 0 heterocycles. The molecule has 0 aliphatic rings. The summed E-state index contributed by atoms with van der Waals surface area (Å²) in [7, 11) is -3.60. The molecule has 26 heavy (non-hydrogen) atoms. The third-order valence-corrected chi connectivity index (χ3v) is 5.59. The zero-order valence-electron chi connectivity index (χ0n) is 14.2. The van der Waals surface area contributed by atoms with Gasteiger partial charge in [0.05, 0.1) is 16.2 Å². The molecule has 1 N–H and O–H groups in total. The minimum atomic E-state index is -3.60. The normalized spacial score (nSPS) is 12.3. The lowest BCUT2D eigenvalue weighted by atomic mass is 10.2. The first-order chi connectivity index (χ1) is 12.2. The van der Waals surface area contributed by atoms with Crippen molar-refractivity contribution in [1.29, 1.82) is 0 Å². The number of anilines is 1. The molecule has 0 radical (unpaired) electrons. The molecule has 0 unspecified atom stereocenters. The minimum absolute atomic E-state index is 0.100. The van der Waals surface area contributed by atoms with E-state index in [-0.39, 0.29) is 16.2 Å². The molecule has 8 heteroatoms.